The molecular weight excluding hydrogens is 624 g/mol. The van der Waals surface area contributed by atoms with Crippen LogP contribution in [0.25, 0.3) is 0 Å². The first-order chi connectivity index (χ1) is 18.7. The number of Topliss-reactive ketones (excluding diaryl/α,β-unsaturated/α-hetero) is 2. The lowest BCUT2D eigenvalue weighted by Gasteiger charge is -2.43. The van der Waals surface area contributed by atoms with E-state index in [9.17, 15) is 14.4 Å². The summed E-state index contributed by atoms with van der Waals surface area (Å²) in [6.45, 7) is 6.55. The molecule has 0 bridgehead atoms. The molecule has 0 spiro atoms. The van der Waals surface area contributed by atoms with Crippen molar-refractivity contribution >= 4 is 55.0 Å². The van der Waals surface area contributed by atoms with E-state index in [-0.39, 0.29) is 24.1 Å². The molecule has 0 unspecified atom stereocenters. The molecule has 3 aliphatic rings. The van der Waals surface area contributed by atoms with Gasteiger partial charge in [0.1, 0.15) is 5.75 Å². The summed E-state index contributed by atoms with van der Waals surface area (Å²) in [5.41, 5.74) is 7.02. The number of nitrogens with one attached hydrogen (secondary N) is 1. The number of nitrogens with zero attached hydrogens (tertiary/aromatic N) is 1. The van der Waals surface area contributed by atoms with Gasteiger partial charge in [-0.1, -0.05) is 28.1 Å². The van der Waals surface area contributed by atoms with E-state index < -0.39 is 5.92 Å². The minimum atomic E-state index is -0.524. The zero-order valence-electron chi connectivity index (χ0n) is 22.5. The minimum Gasteiger partial charge on any atom is -0.482 e. The largest absolute Gasteiger partial charge is 0.482 e. The Morgan fingerprint density at radius 2 is 1.64 bits per heavy atom. The summed E-state index contributed by atoms with van der Waals surface area (Å²) in [6, 6.07) is 9.56. The van der Waals surface area contributed by atoms with Crippen molar-refractivity contribution in [2.24, 2.45) is 0 Å². The number of allylic oxidation sites excluding steroid dienone is 4. The summed E-state index contributed by atoms with van der Waals surface area (Å²) < 4.78 is 7.65. The van der Waals surface area contributed by atoms with Crippen LogP contribution < -0.4 is 10.1 Å². The number of carbonyl (C=O) groups is 3. The van der Waals surface area contributed by atoms with Crippen LogP contribution in [0.5, 0.6) is 5.75 Å². The fourth-order valence-electron chi connectivity index (χ4n) is 6.07. The van der Waals surface area contributed by atoms with E-state index in [2.05, 4.69) is 49.0 Å². The van der Waals surface area contributed by atoms with Crippen molar-refractivity contribution in [3.05, 3.63) is 78.5 Å². The first-order valence-electron chi connectivity index (χ1n) is 13.5. The highest BCUT2D eigenvalue weighted by Crippen LogP contribution is 2.52. The molecular formula is C31H32Br2N2O4. The lowest BCUT2D eigenvalue weighted by Crippen LogP contribution is -2.39. The average molecular weight is 656 g/mol. The second-order valence-electron chi connectivity index (χ2n) is 10.3. The number of ketones is 2. The van der Waals surface area contributed by atoms with Gasteiger partial charge in [0.05, 0.1) is 4.47 Å². The van der Waals surface area contributed by atoms with E-state index in [4.69, 9.17) is 4.74 Å². The summed E-state index contributed by atoms with van der Waals surface area (Å²) in [7, 11) is 0. The monoisotopic (exact) mass is 654 g/mol. The standard InChI is InChI=1S/C31H32Br2N2O4/c1-4-35-23-10-6-12-25(36)29(23)28(30-24(35)11-7-13-26(30)37)20-14-19(32)15-21(33)31(20)39-16-27(38)34-22-9-5-8-17(2)18(22)3/h5,8-9,14-15,28H,4,6-7,10-13,16H2,1-3H3,(H,34,38). The second kappa shape index (κ2) is 11.4. The quantitative estimate of drug-likeness (QED) is 0.354. The van der Waals surface area contributed by atoms with Crippen molar-refractivity contribution in [1.82, 2.24) is 4.90 Å². The Kier molecular flexibility index (Phi) is 8.15. The van der Waals surface area contributed by atoms with Gasteiger partial charge in [-0.3, -0.25) is 14.4 Å². The van der Waals surface area contributed by atoms with Crippen LogP contribution in [0, 0.1) is 13.8 Å². The highest BCUT2D eigenvalue weighted by atomic mass is 79.9. The Bertz CT molecular complexity index is 1400. The molecule has 0 fully saturated rings. The second-order valence-corrected chi connectivity index (χ2v) is 12.1. The van der Waals surface area contributed by atoms with Crippen LogP contribution in [-0.4, -0.2) is 35.5 Å². The topological polar surface area (TPSA) is 75.7 Å². The van der Waals surface area contributed by atoms with Gasteiger partial charge in [0.15, 0.2) is 18.2 Å². The van der Waals surface area contributed by atoms with Gasteiger partial charge < -0.3 is 15.0 Å². The number of hydrogen-bond donors (Lipinski definition) is 1. The van der Waals surface area contributed by atoms with Gasteiger partial charge in [0, 0.05) is 63.6 Å². The van der Waals surface area contributed by atoms with Crippen LogP contribution in [0.3, 0.4) is 0 Å². The summed E-state index contributed by atoms with van der Waals surface area (Å²) in [5, 5.41) is 2.95. The molecule has 5 rings (SSSR count). The van der Waals surface area contributed by atoms with E-state index in [1.54, 1.807) is 0 Å². The average Bonchev–Trinajstić information content (AvgIpc) is 2.89. The maximum atomic E-state index is 13.5. The molecule has 6 nitrogen and oxygen atoms in total. The normalized spacial score (nSPS) is 17.8. The van der Waals surface area contributed by atoms with Gasteiger partial charge in [-0.05, 0) is 91.7 Å². The van der Waals surface area contributed by atoms with Gasteiger partial charge in [-0.2, -0.15) is 0 Å². The minimum absolute atomic E-state index is 0.0827. The number of halogens is 2. The van der Waals surface area contributed by atoms with Gasteiger partial charge in [-0.15, -0.1) is 0 Å². The Hall–Kier alpha value is -2.71. The lowest BCUT2D eigenvalue weighted by atomic mass is 9.70. The van der Waals surface area contributed by atoms with Crippen LogP contribution in [0.1, 0.15) is 68.1 Å². The Labute approximate surface area is 246 Å². The summed E-state index contributed by atoms with van der Waals surface area (Å²) in [5.74, 6) is -0.171. The fourth-order valence-corrected chi connectivity index (χ4v) is 7.44. The lowest BCUT2D eigenvalue weighted by molar-refractivity contribution is -0.119. The SMILES string of the molecule is CCN1C2=C(C(=O)CCC2)C(c2cc(Br)cc(Br)c2OCC(=O)Nc2cccc(C)c2C)C2=C1CCCC2=O. The smallest absolute Gasteiger partial charge is 0.262 e. The molecule has 8 heteroatoms. The molecule has 2 aromatic rings. The summed E-state index contributed by atoms with van der Waals surface area (Å²) in [4.78, 5) is 42.2. The maximum Gasteiger partial charge on any atom is 0.262 e. The van der Waals surface area contributed by atoms with Crippen molar-refractivity contribution in [3.63, 3.8) is 0 Å². The molecule has 0 radical (unpaired) electrons. The van der Waals surface area contributed by atoms with E-state index >= 15 is 0 Å². The van der Waals surface area contributed by atoms with Crippen molar-refractivity contribution in [1.29, 1.82) is 0 Å². The van der Waals surface area contributed by atoms with Crippen molar-refractivity contribution < 1.29 is 19.1 Å². The van der Waals surface area contributed by atoms with E-state index in [0.717, 1.165) is 70.5 Å². The molecule has 1 aliphatic heterocycles. The number of ether oxygens (including phenoxy) is 1. The molecule has 0 saturated carbocycles. The molecule has 2 aliphatic carbocycles. The first kappa shape index (κ1) is 27.8. The van der Waals surface area contributed by atoms with Gasteiger partial charge in [-0.25, -0.2) is 0 Å². The number of rotatable bonds is 6. The highest BCUT2D eigenvalue weighted by Gasteiger charge is 2.44. The Morgan fingerprint density at radius 3 is 2.26 bits per heavy atom. The molecule has 1 amide bonds. The molecule has 2 aromatic carbocycles. The van der Waals surface area contributed by atoms with Gasteiger partial charge in [0.2, 0.25) is 0 Å². The Morgan fingerprint density at radius 1 is 1.00 bits per heavy atom. The van der Waals surface area contributed by atoms with Crippen molar-refractivity contribution in [3.8, 4) is 5.75 Å². The third kappa shape index (κ3) is 5.25. The molecule has 39 heavy (non-hydrogen) atoms. The summed E-state index contributed by atoms with van der Waals surface area (Å²) in [6.07, 6.45) is 4.16. The first-order valence-corrected chi connectivity index (χ1v) is 15.1. The maximum absolute atomic E-state index is 13.5. The zero-order valence-corrected chi connectivity index (χ0v) is 25.6. The molecule has 1 heterocycles. The van der Waals surface area contributed by atoms with Crippen LogP contribution in [0.4, 0.5) is 5.69 Å². The van der Waals surface area contributed by atoms with Crippen LogP contribution >= 0.6 is 31.9 Å². The third-order valence-electron chi connectivity index (χ3n) is 7.98. The molecule has 204 valence electrons. The van der Waals surface area contributed by atoms with Crippen molar-refractivity contribution in [2.45, 2.75) is 65.2 Å². The zero-order chi connectivity index (χ0) is 27.8. The highest BCUT2D eigenvalue weighted by molar-refractivity contribution is 9.11. The Balaban J connectivity index is 1.56. The van der Waals surface area contributed by atoms with Crippen molar-refractivity contribution in [2.75, 3.05) is 18.5 Å². The molecule has 0 aromatic heterocycles. The molecule has 0 saturated heterocycles. The number of aryl methyl sites for hydroxylation is 1. The van der Waals surface area contributed by atoms with E-state index in [1.165, 1.54) is 0 Å². The molecule has 0 atom stereocenters. The summed E-state index contributed by atoms with van der Waals surface area (Å²) >= 11 is 7.24. The van der Waals surface area contributed by atoms with Crippen LogP contribution in [-0.2, 0) is 14.4 Å². The number of amides is 1. The van der Waals surface area contributed by atoms with E-state index in [1.807, 2.05) is 44.2 Å². The van der Waals surface area contributed by atoms with Crippen LogP contribution in [0.15, 0.2) is 61.8 Å². The fraction of sp³-hybridized carbons (Fsp3) is 0.387. The number of anilines is 1. The predicted molar refractivity (Wildman–Crippen MR) is 159 cm³/mol. The van der Waals surface area contributed by atoms with Gasteiger partial charge >= 0.3 is 0 Å². The predicted octanol–water partition coefficient (Wildman–Crippen LogP) is 7.28. The molecule has 1 N–H and O–H groups in total. The third-order valence-corrected chi connectivity index (χ3v) is 9.02. The van der Waals surface area contributed by atoms with Crippen LogP contribution in [0.2, 0.25) is 0 Å². The number of benzene rings is 2. The van der Waals surface area contributed by atoms with Gasteiger partial charge in [0.25, 0.3) is 5.91 Å². The number of hydrogen-bond acceptors (Lipinski definition) is 5. The number of carbonyl (C=O) groups excluding carboxylic acids is 3. The van der Waals surface area contributed by atoms with E-state index in [0.29, 0.717) is 34.2 Å².